The van der Waals surface area contributed by atoms with Crippen LogP contribution in [-0.4, -0.2) is 30.1 Å². The molecule has 1 heterocycles. The van der Waals surface area contributed by atoms with Crippen molar-refractivity contribution in [3.05, 3.63) is 27.0 Å². The molecule has 0 radical (unpaired) electrons. The molecule has 3 N–H and O–H groups in total. The van der Waals surface area contributed by atoms with Gasteiger partial charge in [0.2, 0.25) is 10.0 Å². The predicted molar refractivity (Wildman–Crippen MR) is 73.0 cm³/mol. The molecule has 1 rings (SSSR count). The van der Waals surface area contributed by atoms with Crippen LogP contribution in [0, 0.1) is 0 Å². The van der Waals surface area contributed by atoms with Gasteiger partial charge in [0, 0.05) is 32.9 Å². The first-order valence-corrected chi connectivity index (χ1v) is 6.68. The van der Waals surface area contributed by atoms with Gasteiger partial charge in [-0.15, -0.1) is 12.4 Å². The average Bonchev–Trinajstić information content (AvgIpc) is 2.30. The third-order valence-corrected chi connectivity index (χ3v) is 3.99. The van der Waals surface area contributed by atoms with Crippen LogP contribution in [0.4, 0.5) is 0 Å². The van der Waals surface area contributed by atoms with Crippen LogP contribution in [0.2, 0.25) is 0 Å². The highest BCUT2D eigenvalue weighted by molar-refractivity contribution is 7.89. The van der Waals surface area contributed by atoms with E-state index in [2.05, 4.69) is 4.72 Å². The van der Waals surface area contributed by atoms with Gasteiger partial charge in [-0.25, -0.2) is 17.9 Å². The van der Waals surface area contributed by atoms with Crippen LogP contribution in [0.15, 0.2) is 20.7 Å². The Labute approximate surface area is 116 Å². The molecule has 0 unspecified atom stereocenters. The second-order valence-corrected chi connectivity index (χ2v) is 5.69. The van der Waals surface area contributed by atoms with Crippen LogP contribution in [-0.2, 0) is 24.1 Å². The molecule has 0 aromatic carbocycles. The summed E-state index contributed by atoms with van der Waals surface area (Å²) in [6.45, 7) is 1.68. The summed E-state index contributed by atoms with van der Waals surface area (Å²) in [5, 5.41) is 0. The standard InChI is InChI=1S/C9H16N4O4S.ClH/c1-6(4-10)11-18(16,17)7-5-12(2)9(15)13(3)8(7)14;/h5-6,11H,4,10H2,1-3H3;1H/t6-;/m0./s1. The van der Waals surface area contributed by atoms with E-state index < -0.39 is 32.2 Å². The monoisotopic (exact) mass is 312 g/mol. The van der Waals surface area contributed by atoms with Crippen molar-refractivity contribution in [2.75, 3.05) is 6.54 Å². The van der Waals surface area contributed by atoms with E-state index in [0.717, 1.165) is 15.3 Å². The van der Waals surface area contributed by atoms with Crippen molar-refractivity contribution in [3.63, 3.8) is 0 Å². The topological polar surface area (TPSA) is 116 Å². The molecule has 1 atom stereocenters. The Morgan fingerprint density at radius 3 is 2.37 bits per heavy atom. The Kier molecular flexibility index (Phi) is 5.94. The lowest BCUT2D eigenvalue weighted by atomic mass is 10.4. The molecule has 1 aromatic rings. The molecular formula is C9H17ClN4O4S. The number of aryl methyl sites for hydroxylation is 1. The number of sulfonamides is 1. The van der Waals surface area contributed by atoms with Crippen LogP contribution >= 0.6 is 12.4 Å². The lowest BCUT2D eigenvalue weighted by Crippen LogP contribution is -2.44. The smallest absolute Gasteiger partial charge is 0.329 e. The summed E-state index contributed by atoms with van der Waals surface area (Å²) in [4.78, 5) is 22.7. The molecule has 0 aliphatic rings. The van der Waals surface area contributed by atoms with Crippen LogP contribution in [0.5, 0.6) is 0 Å². The molecule has 110 valence electrons. The summed E-state index contributed by atoms with van der Waals surface area (Å²) in [5.41, 5.74) is 3.86. The first kappa shape index (κ1) is 17.8. The van der Waals surface area contributed by atoms with Gasteiger partial charge >= 0.3 is 5.69 Å². The van der Waals surface area contributed by atoms with E-state index >= 15 is 0 Å². The molecule has 0 aliphatic heterocycles. The van der Waals surface area contributed by atoms with Gasteiger partial charge in [0.25, 0.3) is 5.56 Å². The van der Waals surface area contributed by atoms with Crippen molar-refractivity contribution in [2.24, 2.45) is 19.8 Å². The number of nitrogens with zero attached hydrogens (tertiary/aromatic N) is 2. The first-order chi connectivity index (χ1) is 8.20. The van der Waals surface area contributed by atoms with Gasteiger partial charge in [-0.2, -0.15) is 0 Å². The van der Waals surface area contributed by atoms with E-state index in [4.69, 9.17) is 5.73 Å². The number of aromatic nitrogens is 2. The number of halogens is 1. The molecule has 0 spiro atoms. The lowest BCUT2D eigenvalue weighted by Gasteiger charge is -2.12. The number of nitrogens with two attached hydrogens (primary N) is 1. The largest absolute Gasteiger partial charge is 0.330 e. The second kappa shape index (κ2) is 6.33. The maximum Gasteiger partial charge on any atom is 0.330 e. The van der Waals surface area contributed by atoms with Crippen molar-refractivity contribution in [2.45, 2.75) is 17.9 Å². The van der Waals surface area contributed by atoms with Gasteiger partial charge in [0.1, 0.15) is 0 Å². The maximum atomic E-state index is 11.9. The van der Waals surface area contributed by atoms with Gasteiger partial charge in [-0.3, -0.25) is 9.36 Å². The highest BCUT2D eigenvalue weighted by Gasteiger charge is 2.22. The highest BCUT2D eigenvalue weighted by Crippen LogP contribution is 2.00. The van der Waals surface area contributed by atoms with Crippen LogP contribution in [0.25, 0.3) is 0 Å². The molecule has 10 heteroatoms. The van der Waals surface area contributed by atoms with E-state index in [1.54, 1.807) is 6.92 Å². The van der Waals surface area contributed by atoms with Crippen LogP contribution in [0.3, 0.4) is 0 Å². The van der Waals surface area contributed by atoms with Gasteiger partial charge in [-0.1, -0.05) is 0 Å². The zero-order valence-corrected chi connectivity index (χ0v) is 12.4. The van der Waals surface area contributed by atoms with Gasteiger partial charge in [-0.05, 0) is 6.92 Å². The van der Waals surface area contributed by atoms with Gasteiger partial charge < -0.3 is 10.3 Å². The molecule has 0 fully saturated rings. The van der Waals surface area contributed by atoms with E-state index in [-0.39, 0.29) is 19.0 Å². The maximum absolute atomic E-state index is 11.9. The summed E-state index contributed by atoms with van der Waals surface area (Å²) >= 11 is 0. The molecule has 0 aliphatic carbocycles. The molecular weight excluding hydrogens is 296 g/mol. The van der Waals surface area contributed by atoms with Crippen LogP contribution in [0.1, 0.15) is 6.92 Å². The Morgan fingerprint density at radius 2 is 1.89 bits per heavy atom. The van der Waals surface area contributed by atoms with Crippen molar-refractivity contribution >= 4 is 22.4 Å². The zero-order chi connectivity index (χ0) is 14.1. The molecule has 19 heavy (non-hydrogen) atoms. The van der Waals surface area contributed by atoms with Gasteiger partial charge in [0.15, 0.2) is 4.90 Å². The highest BCUT2D eigenvalue weighted by atomic mass is 35.5. The summed E-state index contributed by atoms with van der Waals surface area (Å²) in [6.07, 6.45) is 0.996. The van der Waals surface area contributed by atoms with Crippen molar-refractivity contribution in [3.8, 4) is 0 Å². The normalized spacial score (nSPS) is 12.8. The fourth-order valence-electron chi connectivity index (χ4n) is 1.34. The van der Waals surface area contributed by atoms with E-state index in [1.807, 2.05) is 0 Å². The Morgan fingerprint density at radius 1 is 1.37 bits per heavy atom. The summed E-state index contributed by atoms with van der Waals surface area (Å²) in [5.74, 6) is 0. The SMILES string of the molecule is C[C@@H](CN)NS(=O)(=O)c1cn(C)c(=O)n(C)c1=O.Cl. The Bertz CT molecular complexity index is 664. The van der Waals surface area contributed by atoms with Crippen molar-refractivity contribution in [1.29, 1.82) is 0 Å². The summed E-state index contributed by atoms with van der Waals surface area (Å²) < 4.78 is 27.9. The van der Waals surface area contributed by atoms with E-state index in [1.165, 1.54) is 14.1 Å². The Balaban J connectivity index is 0.00000324. The minimum atomic E-state index is -3.99. The quantitative estimate of drug-likeness (QED) is 0.676. The number of hydrogen-bond acceptors (Lipinski definition) is 5. The number of rotatable bonds is 4. The van der Waals surface area contributed by atoms with Crippen LogP contribution < -0.4 is 21.7 Å². The predicted octanol–water partition coefficient (Wildman–Crippen LogP) is -1.87. The average molecular weight is 313 g/mol. The first-order valence-electron chi connectivity index (χ1n) is 5.19. The third-order valence-electron chi connectivity index (χ3n) is 2.41. The summed E-state index contributed by atoms with van der Waals surface area (Å²) in [7, 11) is -1.40. The molecule has 0 bridgehead atoms. The fraction of sp³-hybridized carbons (Fsp3) is 0.556. The van der Waals surface area contributed by atoms with E-state index in [9.17, 15) is 18.0 Å². The minimum Gasteiger partial charge on any atom is -0.329 e. The minimum absolute atomic E-state index is 0. The fourth-order valence-corrected chi connectivity index (χ4v) is 2.75. The number of nitrogens with one attached hydrogen (secondary N) is 1. The third kappa shape index (κ3) is 3.66. The lowest BCUT2D eigenvalue weighted by molar-refractivity contribution is 0.554. The van der Waals surface area contributed by atoms with Crippen molar-refractivity contribution < 1.29 is 8.42 Å². The zero-order valence-electron chi connectivity index (χ0n) is 10.8. The Hall–Kier alpha value is -1.16. The molecule has 0 amide bonds. The van der Waals surface area contributed by atoms with Crippen molar-refractivity contribution in [1.82, 2.24) is 13.9 Å². The molecule has 8 nitrogen and oxygen atoms in total. The molecule has 0 saturated heterocycles. The molecule has 1 aromatic heterocycles. The summed E-state index contributed by atoms with van der Waals surface area (Å²) in [6, 6.07) is -0.503. The second-order valence-electron chi connectivity index (χ2n) is 4.01. The van der Waals surface area contributed by atoms with Gasteiger partial charge in [0.05, 0.1) is 0 Å². The molecule has 0 saturated carbocycles. The number of hydrogen-bond donors (Lipinski definition) is 2. The van der Waals surface area contributed by atoms with E-state index in [0.29, 0.717) is 0 Å².